The molecule has 1 fully saturated rings. The van der Waals surface area contributed by atoms with Crippen LogP contribution in [0.15, 0.2) is 58.7 Å². The number of aromatic nitrogens is 7. The third-order valence-electron chi connectivity index (χ3n) is 10.8. The fourth-order valence-electron chi connectivity index (χ4n) is 8.28. The first-order valence-corrected chi connectivity index (χ1v) is 21.9. The first-order chi connectivity index (χ1) is 30.0. The first kappa shape index (κ1) is 43.3. The molecule has 2 N–H and O–H groups in total. The molecule has 0 radical (unpaired) electrons. The number of hydrogen-bond acceptors (Lipinski definition) is 9. The standard InChI is InChI=1S/C39H27ClF9N9O4S2/c1-56-31-26(6-5-22(40)29(31)34(54-56)55-64(2,61)62)58-35(51-23-10-16(3-4-19(23)36(58)60)25-14-63-37(52-25)39(47,48)49)24(9-15-7-17(41)11-18(42)8-15)50-27(59)13-57-32-28(30(53-57)33(43)44)20-12-21(20)38(32,45)46/h3-8,10-11,14,20-21,24,33H,9,12-13H2,1-2H3,(H,50,59)(H,54,55)/t20-,21+,24-/m0/s1. The molecule has 7 aromatic rings. The van der Waals surface area contributed by atoms with Crippen LogP contribution in [-0.2, 0) is 46.9 Å². The number of nitrogens with one attached hydrogen (secondary N) is 2. The van der Waals surface area contributed by atoms with Crippen molar-refractivity contribution in [3.63, 3.8) is 0 Å². The molecule has 4 aromatic heterocycles. The zero-order chi connectivity index (χ0) is 45.9. The van der Waals surface area contributed by atoms with Crippen LogP contribution in [0.2, 0.25) is 5.02 Å². The molecule has 0 bridgehead atoms. The predicted molar refractivity (Wildman–Crippen MR) is 214 cm³/mol. The number of rotatable bonds is 11. The van der Waals surface area contributed by atoms with Gasteiger partial charge in [0, 0.05) is 42.0 Å². The van der Waals surface area contributed by atoms with E-state index in [2.05, 4.69) is 25.2 Å². The number of amides is 1. The number of anilines is 1. The van der Waals surface area contributed by atoms with Crippen molar-refractivity contribution in [3.8, 4) is 16.9 Å². The van der Waals surface area contributed by atoms with Crippen LogP contribution >= 0.6 is 22.9 Å². The number of carbonyl (C=O) groups excluding carboxylic acids is 1. The monoisotopic (exact) mass is 955 g/mol. The average Bonchev–Trinajstić information content (AvgIpc) is 3.41. The summed E-state index contributed by atoms with van der Waals surface area (Å²) in [4.78, 5) is 37.4. The number of fused-ring (bicyclic) bond motifs is 5. The number of sulfonamides is 1. The normalized spacial score (nSPS) is 17.3. The van der Waals surface area contributed by atoms with Gasteiger partial charge in [-0.3, -0.25) is 28.2 Å². The SMILES string of the molecule is Cn1nc(NS(C)(=O)=O)c2c(Cl)ccc(-n3c([C@H](Cc4cc(F)cc(F)c4)NC(=O)Cn4nc(C(F)F)c5c4C(F)(F)[C@@H]4C[C@H]54)nc4cc(-c5csc(C(F)(F)F)n5)ccc4c3=O)c21. The Balaban J connectivity index is 1.26. The summed E-state index contributed by atoms with van der Waals surface area (Å²) in [5.74, 6) is -9.69. The molecule has 64 heavy (non-hydrogen) atoms. The molecule has 3 aromatic carbocycles. The Kier molecular flexibility index (Phi) is 10.2. The zero-order valence-electron chi connectivity index (χ0n) is 32.5. The van der Waals surface area contributed by atoms with E-state index in [1.165, 1.54) is 42.1 Å². The minimum Gasteiger partial charge on any atom is -0.344 e. The molecule has 9 rings (SSSR count). The second-order valence-electron chi connectivity index (χ2n) is 15.3. The minimum absolute atomic E-state index is 0.0104. The largest absolute Gasteiger partial charge is 0.443 e. The lowest BCUT2D eigenvalue weighted by Gasteiger charge is -2.24. The predicted octanol–water partition coefficient (Wildman–Crippen LogP) is 8.16. The second kappa shape index (κ2) is 15.0. The maximum absolute atomic E-state index is 15.5. The van der Waals surface area contributed by atoms with E-state index in [1.54, 1.807) is 0 Å². The lowest BCUT2D eigenvalue weighted by atomic mass is 10.0. The van der Waals surface area contributed by atoms with Gasteiger partial charge in [-0.2, -0.15) is 32.1 Å². The molecule has 0 aliphatic heterocycles. The smallest absolute Gasteiger partial charge is 0.344 e. The van der Waals surface area contributed by atoms with Crippen molar-refractivity contribution in [1.29, 1.82) is 0 Å². The van der Waals surface area contributed by atoms with Gasteiger partial charge in [0.15, 0.2) is 10.8 Å². The molecule has 3 atom stereocenters. The van der Waals surface area contributed by atoms with E-state index in [0.717, 1.165) is 28.3 Å². The summed E-state index contributed by atoms with van der Waals surface area (Å²) < 4.78 is 159. The molecule has 2 aliphatic rings. The Bertz CT molecular complexity index is 3260. The fraction of sp³-hybridized carbons (Fsp3) is 0.282. The van der Waals surface area contributed by atoms with Gasteiger partial charge in [-0.05, 0) is 54.3 Å². The molecule has 0 spiro atoms. The van der Waals surface area contributed by atoms with Crippen LogP contribution in [0.4, 0.5) is 45.3 Å². The van der Waals surface area contributed by atoms with Crippen LogP contribution in [-0.4, -0.2) is 54.7 Å². The van der Waals surface area contributed by atoms with Crippen molar-refractivity contribution >= 4 is 66.5 Å². The van der Waals surface area contributed by atoms with Crippen molar-refractivity contribution in [2.45, 2.75) is 49.9 Å². The van der Waals surface area contributed by atoms with Gasteiger partial charge < -0.3 is 5.32 Å². The molecule has 1 saturated carbocycles. The molecule has 1 amide bonds. The quantitative estimate of drug-likeness (QED) is 0.123. The van der Waals surface area contributed by atoms with Gasteiger partial charge >= 0.3 is 6.18 Å². The minimum atomic E-state index is -4.78. The maximum Gasteiger partial charge on any atom is 0.443 e. The van der Waals surface area contributed by atoms with Crippen molar-refractivity contribution in [1.82, 2.24) is 39.4 Å². The summed E-state index contributed by atoms with van der Waals surface area (Å²) in [7, 11) is -2.59. The maximum atomic E-state index is 15.5. The number of hydrogen-bond donors (Lipinski definition) is 2. The highest BCUT2D eigenvalue weighted by Gasteiger charge is 2.67. The molecule has 4 heterocycles. The van der Waals surface area contributed by atoms with Gasteiger partial charge in [-0.1, -0.05) is 17.7 Å². The Hall–Kier alpha value is -6.01. The Morgan fingerprint density at radius 1 is 1.05 bits per heavy atom. The lowest BCUT2D eigenvalue weighted by molar-refractivity contribution is -0.137. The summed E-state index contributed by atoms with van der Waals surface area (Å²) in [6.45, 7) is -1.07. The Labute approximate surface area is 362 Å². The van der Waals surface area contributed by atoms with E-state index in [1.807, 2.05) is 0 Å². The van der Waals surface area contributed by atoms with Crippen LogP contribution in [0.3, 0.4) is 0 Å². The third kappa shape index (κ3) is 7.53. The van der Waals surface area contributed by atoms with Crippen molar-refractivity contribution in [2.75, 3.05) is 11.0 Å². The molecule has 25 heteroatoms. The van der Waals surface area contributed by atoms with E-state index in [0.29, 0.717) is 22.1 Å². The van der Waals surface area contributed by atoms with Crippen LogP contribution in [0.1, 0.15) is 58.2 Å². The number of aryl methyl sites for hydroxylation is 1. The number of thiazole rings is 1. The molecule has 0 unspecified atom stereocenters. The van der Waals surface area contributed by atoms with Gasteiger partial charge in [0.05, 0.1) is 50.5 Å². The average molecular weight is 956 g/mol. The second-order valence-corrected chi connectivity index (χ2v) is 18.3. The number of alkyl halides is 7. The Morgan fingerprint density at radius 2 is 1.77 bits per heavy atom. The van der Waals surface area contributed by atoms with Gasteiger partial charge in [0.2, 0.25) is 15.9 Å². The van der Waals surface area contributed by atoms with Crippen molar-refractivity contribution < 1.29 is 52.7 Å². The molecule has 2 aliphatic carbocycles. The first-order valence-electron chi connectivity index (χ1n) is 18.7. The molecular formula is C39H27ClF9N9O4S2. The van der Waals surface area contributed by atoms with E-state index in [9.17, 15) is 48.7 Å². The summed E-state index contributed by atoms with van der Waals surface area (Å²) in [5.41, 5.74) is -3.49. The van der Waals surface area contributed by atoms with E-state index in [-0.39, 0.29) is 67.1 Å². The van der Waals surface area contributed by atoms with E-state index in [4.69, 9.17) is 16.6 Å². The topological polar surface area (TPSA) is 159 Å². The molecule has 0 saturated heterocycles. The van der Waals surface area contributed by atoms with Crippen molar-refractivity contribution in [3.05, 3.63) is 114 Å². The number of carbonyl (C=O) groups is 1. The summed E-state index contributed by atoms with van der Waals surface area (Å²) in [6.07, 6.45) is -7.82. The molecule has 13 nitrogen and oxygen atoms in total. The molecule has 334 valence electrons. The third-order valence-corrected chi connectivity index (χ3v) is 12.6. The zero-order valence-corrected chi connectivity index (χ0v) is 34.9. The molecular weight excluding hydrogens is 929 g/mol. The van der Waals surface area contributed by atoms with Gasteiger partial charge in [0.25, 0.3) is 17.9 Å². The van der Waals surface area contributed by atoms with Crippen molar-refractivity contribution in [2.24, 2.45) is 13.0 Å². The number of halogens is 10. The van der Waals surface area contributed by atoms with E-state index >= 15 is 8.78 Å². The highest BCUT2D eigenvalue weighted by Crippen LogP contribution is 2.68. The van der Waals surface area contributed by atoms with Crippen LogP contribution in [0.25, 0.3) is 38.8 Å². The van der Waals surface area contributed by atoms with Crippen LogP contribution in [0.5, 0.6) is 0 Å². The summed E-state index contributed by atoms with van der Waals surface area (Å²) >= 11 is 6.89. The highest BCUT2D eigenvalue weighted by atomic mass is 35.5. The van der Waals surface area contributed by atoms with Crippen LogP contribution in [0, 0.1) is 17.6 Å². The highest BCUT2D eigenvalue weighted by molar-refractivity contribution is 7.92. The van der Waals surface area contributed by atoms with E-state index < -0.39 is 105 Å². The lowest BCUT2D eigenvalue weighted by Crippen LogP contribution is -2.38. The number of benzene rings is 3. The summed E-state index contributed by atoms with van der Waals surface area (Å²) in [6, 6.07) is 7.11. The van der Waals surface area contributed by atoms with Gasteiger partial charge in [0.1, 0.15) is 35.4 Å². The Morgan fingerprint density at radius 3 is 2.42 bits per heavy atom. The van der Waals surface area contributed by atoms with Crippen LogP contribution < -0.4 is 15.6 Å². The van der Waals surface area contributed by atoms with Gasteiger partial charge in [-0.15, -0.1) is 11.3 Å². The fourth-order valence-corrected chi connectivity index (χ4v) is 9.71. The number of nitrogens with zero attached hydrogens (tertiary/aromatic N) is 7. The summed E-state index contributed by atoms with van der Waals surface area (Å²) in [5, 5.41) is 10.2. The van der Waals surface area contributed by atoms with Gasteiger partial charge in [-0.25, -0.2) is 35.9 Å².